The molecule has 1 rings (SSSR count). The molecule has 15 nitrogen and oxygen atoms in total. The van der Waals surface area contributed by atoms with Gasteiger partial charge in [0.2, 0.25) is 0 Å². The average molecular weight is 554 g/mol. The molecule has 0 aliphatic carbocycles. The lowest BCUT2D eigenvalue weighted by Gasteiger charge is -2.44. The topological polar surface area (TPSA) is 196 Å². The highest BCUT2D eigenvalue weighted by Gasteiger charge is 2.52. The Kier molecular flexibility index (Phi) is 12.4. The Morgan fingerprint density at radius 1 is 0.811 bits per heavy atom. The summed E-state index contributed by atoms with van der Waals surface area (Å²) in [6, 6.07) is 0. The summed E-state index contributed by atoms with van der Waals surface area (Å²) in [4.78, 5) is 60.1. The van der Waals surface area contributed by atoms with Crippen LogP contribution in [0.1, 0.15) is 34.6 Å². The second-order valence-corrected chi connectivity index (χ2v) is 9.12. The number of carbonyl (C=O) groups excluding carboxylic acids is 5. The zero-order chi connectivity index (χ0) is 28.3. The fourth-order valence-electron chi connectivity index (χ4n) is 3.14. The molecule has 0 radical (unpaired) electrons. The number of rotatable bonds is 12. The minimum absolute atomic E-state index is 0.0604. The molecule has 0 aromatic carbocycles. The maximum atomic E-state index is 12.3. The van der Waals surface area contributed by atoms with E-state index in [1.807, 2.05) is 0 Å². The Labute approximate surface area is 213 Å². The van der Waals surface area contributed by atoms with Crippen molar-refractivity contribution in [2.24, 2.45) is 0 Å². The molecule has 1 aliphatic heterocycles. The molecule has 210 valence electrons. The highest BCUT2D eigenvalue weighted by molar-refractivity contribution is 7.85. The summed E-state index contributed by atoms with van der Waals surface area (Å²) in [6.07, 6.45) is -5.74. The molecule has 1 N–H and O–H groups in total. The van der Waals surface area contributed by atoms with Gasteiger partial charge in [-0.05, 0) is 13.8 Å². The van der Waals surface area contributed by atoms with Crippen LogP contribution in [0.5, 0.6) is 0 Å². The van der Waals surface area contributed by atoms with Gasteiger partial charge in [0.15, 0.2) is 30.1 Å². The average Bonchev–Trinajstić information content (AvgIpc) is 2.75. The highest BCUT2D eigenvalue weighted by Crippen LogP contribution is 2.28. The van der Waals surface area contributed by atoms with Gasteiger partial charge in [0.25, 0.3) is 10.1 Å². The molecular formula is C21H31NO14S. The van der Waals surface area contributed by atoms with E-state index >= 15 is 0 Å². The fourth-order valence-corrected chi connectivity index (χ4v) is 3.52. The second-order valence-electron chi connectivity index (χ2n) is 7.47. The monoisotopic (exact) mass is 553 g/mol. The molecule has 0 aromatic rings. The first kappa shape index (κ1) is 31.8. The minimum atomic E-state index is -4.00. The van der Waals surface area contributed by atoms with Crippen LogP contribution in [0.15, 0.2) is 11.8 Å². The van der Waals surface area contributed by atoms with Gasteiger partial charge in [-0.1, -0.05) is 0 Å². The number of esters is 5. The lowest BCUT2D eigenvalue weighted by atomic mass is 9.97. The van der Waals surface area contributed by atoms with Crippen molar-refractivity contribution < 1.29 is 65.0 Å². The summed E-state index contributed by atoms with van der Waals surface area (Å²) in [5, 5.41) is 2.56. The predicted molar refractivity (Wildman–Crippen MR) is 121 cm³/mol. The van der Waals surface area contributed by atoms with Crippen molar-refractivity contribution in [3.63, 3.8) is 0 Å². The molecule has 1 aliphatic rings. The van der Waals surface area contributed by atoms with Crippen LogP contribution in [0.4, 0.5) is 0 Å². The number of ether oxygens (including phenoxy) is 6. The summed E-state index contributed by atoms with van der Waals surface area (Å²) >= 11 is 0. The molecule has 0 aromatic heterocycles. The van der Waals surface area contributed by atoms with Gasteiger partial charge >= 0.3 is 29.8 Å². The van der Waals surface area contributed by atoms with E-state index < -0.39 is 82.8 Å². The molecule has 16 heteroatoms. The van der Waals surface area contributed by atoms with Crippen LogP contribution in [-0.2, 0) is 66.7 Å². The van der Waals surface area contributed by atoms with E-state index in [4.69, 9.17) is 32.6 Å². The largest absolute Gasteiger partial charge is 0.462 e. The second kappa shape index (κ2) is 14.5. The maximum Gasteiger partial charge on any atom is 0.347 e. The third-order valence-corrected chi connectivity index (χ3v) is 4.93. The fraction of sp³-hybridized carbons (Fsp3) is 0.667. The van der Waals surface area contributed by atoms with Gasteiger partial charge in [-0.25, -0.2) is 9.59 Å². The van der Waals surface area contributed by atoms with Gasteiger partial charge in [0.1, 0.15) is 6.10 Å². The number of hydrogen-bond acceptors (Lipinski definition) is 15. The van der Waals surface area contributed by atoms with Crippen molar-refractivity contribution in [3.05, 3.63) is 11.8 Å². The van der Waals surface area contributed by atoms with E-state index in [0.29, 0.717) is 0 Å². The van der Waals surface area contributed by atoms with Crippen LogP contribution in [0.25, 0.3) is 0 Å². The minimum Gasteiger partial charge on any atom is -0.462 e. The van der Waals surface area contributed by atoms with E-state index in [1.54, 1.807) is 0 Å². The molecule has 0 bridgehead atoms. The van der Waals surface area contributed by atoms with Crippen LogP contribution in [0.3, 0.4) is 0 Å². The summed E-state index contributed by atoms with van der Waals surface area (Å²) in [5.41, 5.74) is -0.580. The predicted octanol–water partition coefficient (Wildman–Crippen LogP) is -0.918. The molecule has 0 unspecified atom stereocenters. The SMILES string of the molecule is CCOC(=O)C(=CN[C@@H]1O[C@H](COS(C)(=O)=O)[C@@H](OC(C)=O)[C@H](OC(C)=O)[C@H]1OC(C)=O)C(=O)OCC. The number of nitrogens with one attached hydrogen (secondary N) is 1. The molecule has 0 saturated carbocycles. The Balaban J connectivity index is 3.54. The normalized spacial score (nSPS) is 23.1. The van der Waals surface area contributed by atoms with E-state index in [9.17, 15) is 32.4 Å². The van der Waals surface area contributed by atoms with Crippen molar-refractivity contribution in [2.45, 2.75) is 65.3 Å². The maximum absolute atomic E-state index is 12.3. The Hall–Kier alpha value is -3.24. The van der Waals surface area contributed by atoms with Crippen molar-refractivity contribution in [3.8, 4) is 0 Å². The lowest BCUT2D eigenvalue weighted by Crippen LogP contribution is -2.65. The molecular weight excluding hydrogens is 522 g/mol. The zero-order valence-corrected chi connectivity index (χ0v) is 22.0. The van der Waals surface area contributed by atoms with Gasteiger partial charge < -0.3 is 33.7 Å². The van der Waals surface area contributed by atoms with Crippen molar-refractivity contribution in [2.75, 3.05) is 26.1 Å². The highest BCUT2D eigenvalue weighted by atomic mass is 32.2. The van der Waals surface area contributed by atoms with Crippen LogP contribution in [-0.4, -0.2) is 95.0 Å². The van der Waals surface area contributed by atoms with Crippen LogP contribution in [0, 0.1) is 0 Å². The Morgan fingerprint density at radius 3 is 1.70 bits per heavy atom. The Morgan fingerprint density at radius 2 is 1.27 bits per heavy atom. The van der Waals surface area contributed by atoms with Crippen molar-refractivity contribution in [1.82, 2.24) is 5.32 Å². The molecule has 1 heterocycles. The van der Waals surface area contributed by atoms with Gasteiger partial charge in [0.05, 0.1) is 26.1 Å². The molecule has 0 spiro atoms. The van der Waals surface area contributed by atoms with Crippen LogP contribution < -0.4 is 5.32 Å². The van der Waals surface area contributed by atoms with Crippen LogP contribution >= 0.6 is 0 Å². The van der Waals surface area contributed by atoms with Gasteiger partial charge in [-0.15, -0.1) is 0 Å². The van der Waals surface area contributed by atoms with Crippen LogP contribution in [0.2, 0.25) is 0 Å². The molecule has 37 heavy (non-hydrogen) atoms. The van der Waals surface area contributed by atoms with Gasteiger partial charge in [-0.2, -0.15) is 8.42 Å². The quantitative estimate of drug-likeness (QED) is 0.0777. The summed E-state index contributed by atoms with van der Waals surface area (Å²) < 4.78 is 59.1. The lowest BCUT2D eigenvalue weighted by molar-refractivity contribution is -0.253. The first-order valence-electron chi connectivity index (χ1n) is 11.0. The molecule has 1 fully saturated rings. The number of hydrogen-bond donors (Lipinski definition) is 1. The first-order chi connectivity index (χ1) is 17.2. The third-order valence-electron chi connectivity index (χ3n) is 4.37. The summed E-state index contributed by atoms with van der Waals surface area (Å²) in [5.74, 6) is -4.66. The Bertz CT molecular complexity index is 971. The first-order valence-corrected chi connectivity index (χ1v) is 12.8. The molecule has 0 amide bonds. The van der Waals surface area contributed by atoms with Crippen molar-refractivity contribution >= 4 is 40.0 Å². The van der Waals surface area contributed by atoms with Crippen molar-refractivity contribution in [1.29, 1.82) is 0 Å². The van der Waals surface area contributed by atoms with E-state index in [2.05, 4.69) is 5.32 Å². The van der Waals surface area contributed by atoms with Gasteiger partial charge in [-0.3, -0.25) is 18.6 Å². The standard InChI is InChI=1S/C21H31NO14S/c1-7-30-20(26)14(21(27)31-8-2)9-22-19-18(35-13(5)25)17(34-12(4)24)16(33-11(3)23)15(36-19)10-32-37(6,28)29/h9,15-19,22H,7-8,10H2,1-6H3/t15-,16-,17+,18-,19-/m1/s1. The molecule has 5 atom stereocenters. The smallest absolute Gasteiger partial charge is 0.347 e. The summed E-state index contributed by atoms with van der Waals surface area (Å²) in [7, 11) is -4.00. The van der Waals surface area contributed by atoms with Gasteiger partial charge in [0, 0.05) is 27.0 Å². The van der Waals surface area contributed by atoms with E-state index in [1.165, 1.54) is 13.8 Å². The number of carbonyl (C=O) groups is 5. The zero-order valence-electron chi connectivity index (χ0n) is 21.2. The van der Waals surface area contributed by atoms with E-state index in [0.717, 1.165) is 33.2 Å². The van der Waals surface area contributed by atoms with E-state index in [-0.39, 0.29) is 13.2 Å². The summed E-state index contributed by atoms with van der Waals surface area (Å²) in [6.45, 7) is 5.32. The third kappa shape index (κ3) is 10.7. The molecule has 1 saturated heterocycles.